The summed E-state index contributed by atoms with van der Waals surface area (Å²) in [6, 6.07) is 23.6. The normalized spacial score (nSPS) is 15.2. The number of carbonyl (C=O) groups is 1. The molecule has 184 valence electrons. The van der Waals surface area contributed by atoms with Gasteiger partial charge in [0.1, 0.15) is 15.4 Å². The van der Waals surface area contributed by atoms with Crippen LogP contribution in [0.25, 0.3) is 32.2 Å². The minimum absolute atomic E-state index is 0.181. The molecule has 0 unspecified atom stereocenters. The zero-order valence-corrected chi connectivity index (χ0v) is 21.0. The number of amides is 1. The van der Waals surface area contributed by atoms with E-state index in [-0.39, 0.29) is 5.91 Å². The van der Waals surface area contributed by atoms with Crippen LogP contribution in [0.2, 0.25) is 0 Å². The molecule has 2 aromatic carbocycles. The number of carbonyl (C=O) groups excluding carboxylic acids is 1. The summed E-state index contributed by atoms with van der Waals surface area (Å²) in [6.45, 7) is 2.84. The van der Waals surface area contributed by atoms with E-state index in [1.54, 1.807) is 6.20 Å². The lowest BCUT2D eigenvalue weighted by atomic mass is 10.1. The molecule has 7 nitrogen and oxygen atoms in total. The first-order chi connectivity index (χ1) is 18.2. The first kappa shape index (κ1) is 23.4. The van der Waals surface area contributed by atoms with Crippen LogP contribution in [0.15, 0.2) is 85.2 Å². The Morgan fingerprint density at radius 2 is 1.95 bits per heavy atom. The van der Waals surface area contributed by atoms with Gasteiger partial charge in [-0.2, -0.15) is 0 Å². The SMILES string of the molecule is O=C(Nc1ccccc1-c1nc2cc(CN[C@H]3CCNC3)cnc2s1)c1cccc(-c2ccccn2)c1. The summed E-state index contributed by atoms with van der Waals surface area (Å²) in [6.07, 6.45) is 4.81. The number of hydrogen-bond donors (Lipinski definition) is 3. The Labute approximate surface area is 219 Å². The molecular weight excluding hydrogens is 480 g/mol. The van der Waals surface area contributed by atoms with Crippen LogP contribution in [-0.2, 0) is 6.54 Å². The molecule has 0 saturated carbocycles. The lowest BCUT2D eigenvalue weighted by molar-refractivity contribution is 0.102. The van der Waals surface area contributed by atoms with E-state index < -0.39 is 0 Å². The lowest BCUT2D eigenvalue weighted by Gasteiger charge is -2.10. The van der Waals surface area contributed by atoms with Crippen molar-refractivity contribution in [2.75, 3.05) is 18.4 Å². The molecule has 0 radical (unpaired) electrons. The number of para-hydroxylation sites is 1. The van der Waals surface area contributed by atoms with E-state index in [0.29, 0.717) is 17.3 Å². The largest absolute Gasteiger partial charge is 0.321 e. The second-order valence-electron chi connectivity index (χ2n) is 9.05. The minimum Gasteiger partial charge on any atom is -0.321 e. The highest BCUT2D eigenvalue weighted by molar-refractivity contribution is 7.21. The summed E-state index contributed by atoms with van der Waals surface area (Å²) in [7, 11) is 0. The van der Waals surface area contributed by atoms with Crippen molar-refractivity contribution < 1.29 is 4.79 Å². The Hall–Kier alpha value is -3.98. The summed E-state index contributed by atoms with van der Waals surface area (Å²) in [5, 5.41) is 10.9. The first-order valence-corrected chi connectivity index (χ1v) is 13.2. The van der Waals surface area contributed by atoms with E-state index in [0.717, 1.165) is 63.8 Å². The highest BCUT2D eigenvalue weighted by Gasteiger charge is 2.16. The fourth-order valence-electron chi connectivity index (χ4n) is 4.49. The van der Waals surface area contributed by atoms with E-state index >= 15 is 0 Å². The standard InChI is InChI=1S/C29H26N6OS/c36-27(21-7-5-6-20(15-21)24-9-3-4-12-31-24)34-25-10-2-1-8-23(25)28-35-26-14-19(17-33-29(26)37-28)16-32-22-11-13-30-18-22/h1-10,12,14-15,17,22,30,32H,11,13,16,18H2,(H,34,36)/t22-/m0/s1. The minimum atomic E-state index is -0.181. The Bertz CT molecular complexity index is 1540. The molecule has 37 heavy (non-hydrogen) atoms. The molecule has 4 heterocycles. The number of anilines is 1. The third-order valence-corrected chi connectivity index (χ3v) is 7.46. The summed E-state index contributed by atoms with van der Waals surface area (Å²) in [5.41, 5.74) is 5.86. The van der Waals surface area contributed by atoms with Gasteiger partial charge in [-0.3, -0.25) is 9.78 Å². The van der Waals surface area contributed by atoms with Gasteiger partial charge in [-0.1, -0.05) is 41.7 Å². The second kappa shape index (κ2) is 10.6. The summed E-state index contributed by atoms with van der Waals surface area (Å²) in [4.78, 5) is 28.0. The van der Waals surface area contributed by atoms with Crippen molar-refractivity contribution in [3.8, 4) is 21.8 Å². The fraction of sp³-hybridized carbons (Fsp3) is 0.172. The van der Waals surface area contributed by atoms with Gasteiger partial charge in [0.15, 0.2) is 0 Å². The Kier molecular flexibility index (Phi) is 6.68. The Balaban J connectivity index is 1.23. The van der Waals surface area contributed by atoms with E-state index in [1.807, 2.05) is 72.9 Å². The molecule has 1 atom stereocenters. The number of nitrogens with one attached hydrogen (secondary N) is 3. The van der Waals surface area contributed by atoms with Gasteiger partial charge in [0.05, 0.1) is 11.4 Å². The van der Waals surface area contributed by atoms with Crippen LogP contribution >= 0.6 is 11.3 Å². The number of benzene rings is 2. The monoisotopic (exact) mass is 506 g/mol. The maximum Gasteiger partial charge on any atom is 0.255 e. The molecule has 1 fully saturated rings. The highest BCUT2D eigenvalue weighted by atomic mass is 32.1. The molecule has 3 N–H and O–H groups in total. The molecule has 1 aliphatic heterocycles. The van der Waals surface area contributed by atoms with Crippen LogP contribution in [0.5, 0.6) is 0 Å². The van der Waals surface area contributed by atoms with Gasteiger partial charge >= 0.3 is 0 Å². The number of aromatic nitrogens is 3. The van der Waals surface area contributed by atoms with Crippen molar-refractivity contribution in [1.82, 2.24) is 25.6 Å². The summed E-state index contributed by atoms with van der Waals surface area (Å²) < 4.78 is 0. The zero-order chi connectivity index (χ0) is 25.0. The van der Waals surface area contributed by atoms with E-state index in [2.05, 4.69) is 32.0 Å². The highest BCUT2D eigenvalue weighted by Crippen LogP contribution is 2.34. The molecule has 0 aliphatic carbocycles. The fourth-order valence-corrected chi connectivity index (χ4v) is 5.42. The van der Waals surface area contributed by atoms with Crippen molar-refractivity contribution in [3.63, 3.8) is 0 Å². The van der Waals surface area contributed by atoms with Gasteiger partial charge in [-0.25, -0.2) is 9.97 Å². The smallest absolute Gasteiger partial charge is 0.255 e. The Morgan fingerprint density at radius 3 is 2.81 bits per heavy atom. The van der Waals surface area contributed by atoms with Gasteiger partial charge < -0.3 is 16.0 Å². The van der Waals surface area contributed by atoms with Crippen molar-refractivity contribution in [2.45, 2.75) is 19.0 Å². The van der Waals surface area contributed by atoms with Gasteiger partial charge in [-0.15, -0.1) is 0 Å². The van der Waals surface area contributed by atoms with Gasteiger partial charge in [0.25, 0.3) is 5.91 Å². The van der Waals surface area contributed by atoms with Gasteiger partial charge in [0.2, 0.25) is 0 Å². The maximum atomic E-state index is 13.2. The topological polar surface area (TPSA) is 91.8 Å². The van der Waals surface area contributed by atoms with Crippen molar-refractivity contribution in [3.05, 3.63) is 96.3 Å². The molecule has 1 amide bonds. The average Bonchev–Trinajstić information content (AvgIpc) is 3.62. The predicted octanol–water partition coefficient (Wildman–Crippen LogP) is 5.12. The number of nitrogens with zero attached hydrogens (tertiary/aromatic N) is 3. The maximum absolute atomic E-state index is 13.2. The second-order valence-corrected chi connectivity index (χ2v) is 10.0. The van der Waals surface area contributed by atoms with Crippen LogP contribution in [0.1, 0.15) is 22.3 Å². The number of pyridine rings is 2. The van der Waals surface area contributed by atoms with E-state index in [1.165, 1.54) is 11.3 Å². The number of thiazole rings is 1. The van der Waals surface area contributed by atoms with Crippen LogP contribution in [0, 0.1) is 0 Å². The molecule has 0 spiro atoms. The molecule has 1 aliphatic rings. The molecule has 6 rings (SSSR count). The van der Waals surface area contributed by atoms with Crippen LogP contribution < -0.4 is 16.0 Å². The third-order valence-electron chi connectivity index (χ3n) is 6.45. The molecular formula is C29H26N6OS. The summed E-state index contributed by atoms with van der Waals surface area (Å²) in [5.74, 6) is -0.181. The zero-order valence-electron chi connectivity index (χ0n) is 20.1. The molecule has 3 aromatic heterocycles. The molecule has 1 saturated heterocycles. The molecule has 5 aromatic rings. The van der Waals surface area contributed by atoms with Crippen molar-refractivity contribution in [1.29, 1.82) is 0 Å². The third kappa shape index (κ3) is 5.27. The van der Waals surface area contributed by atoms with E-state index in [9.17, 15) is 4.79 Å². The predicted molar refractivity (Wildman–Crippen MR) is 149 cm³/mol. The molecule has 0 bridgehead atoms. The molecule has 8 heteroatoms. The van der Waals surface area contributed by atoms with Crippen LogP contribution in [0.4, 0.5) is 5.69 Å². The average molecular weight is 507 g/mol. The van der Waals surface area contributed by atoms with Gasteiger partial charge in [0, 0.05) is 48.2 Å². The number of hydrogen-bond acceptors (Lipinski definition) is 7. The van der Waals surface area contributed by atoms with Crippen LogP contribution in [0.3, 0.4) is 0 Å². The van der Waals surface area contributed by atoms with Gasteiger partial charge in [-0.05, 0) is 61.0 Å². The number of rotatable bonds is 7. The van der Waals surface area contributed by atoms with Crippen molar-refractivity contribution in [2.24, 2.45) is 0 Å². The number of fused-ring (bicyclic) bond motifs is 1. The first-order valence-electron chi connectivity index (χ1n) is 12.3. The quantitative estimate of drug-likeness (QED) is 0.284. The van der Waals surface area contributed by atoms with E-state index in [4.69, 9.17) is 4.98 Å². The summed E-state index contributed by atoms with van der Waals surface area (Å²) >= 11 is 1.53. The van der Waals surface area contributed by atoms with Crippen molar-refractivity contribution >= 4 is 33.3 Å². The lowest BCUT2D eigenvalue weighted by Crippen LogP contribution is -2.30. The Morgan fingerprint density at radius 1 is 1.03 bits per heavy atom. The van der Waals surface area contributed by atoms with Crippen LogP contribution in [-0.4, -0.2) is 40.0 Å².